The molecule has 4 N–H and O–H groups in total. The number of rotatable bonds is 0. The normalized spacial score (nSPS) is 8.75. The molecule has 1 aromatic heterocycles. The van der Waals surface area contributed by atoms with Crippen LogP contribution in [-0.2, 0) is 0 Å². The summed E-state index contributed by atoms with van der Waals surface area (Å²) < 4.78 is 0. The Morgan fingerprint density at radius 1 is 1.50 bits per heavy atom. The van der Waals surface area contributed by atoms with Gasteiger partial charge in [-0.25, -0.2) is 4.98 Å². The van der Waals surface area contributed by atoms with Gasteiger partial charge in [-0.05, 0) is 6.07 Å². The van der Waals surface area contributed by atoms with Crippen molar-refractivity contribution in [3.8, 4) is 11.8 Å². The van der Waals surface area contributed by atoms with E-state index in [1.807, 2.05) is 0 Å². The molecule has 0 amide bonds. The van der Waals surface area contributed by atoms with Crippen molar-refractivity contribution in [1.82, 2.24) is 4.98 Å². The maximum absolute atomic E-state index is 5.52. The molecular weight excluding hydrogens is 170 g/mol. The molecule has 1 heterocycles. The zero-order chi connectivity index (χ0) is 8.97. The van der Waals surface area contributed by atoms with Crippen molar-refractivity contribution in [2.45, 2.75) is 0 Å². The highest BCUT2D eigenvalue weighted by Crippen LogP contribution is 2.11. The zero-order valence-corrected chi connectivity index (χ0v) is 7.31. The standard InChI is InChI=1S/C8H9N3S/c9-7-4-6(2-1-3-12)5-11-8(7)10/h4-5,12H,3,9H2,(H2,10,11). The van der Waals surface area contributed by atoms with Crippen LogP contribution in [0.4, 0.5) is 11.5 Å². The first-order valence-corrected chi connectivity index (χ1v) is 3.98. The third-order valence-electron chi connectivity index (χ3n) is 1.26. The first-order valence-electron chi connectivity index (χ1n) is 3.34. The molecule has 0 atom stereocenters. The van der Waals surface area contributed by atoms with Crippen molar-refractivity contribution in [2.75, 3.05) is 17.2 Å². The molecule has 3 nitrogen and oxygen atoms in total. The molecule has 0 saturated heterocycles. The number of pyridine rings is 1. The predicted molar refractivity (Wildman–Crippen MR) is 53.8 cm³/mol. The smallest absolute Gasteiger partial charge is 0.146 e. The van der Waals surface area contributed by atoms with Crippen LogP contribution in [0.3, 0.4) is 0 Å². The molecule has 0 bridgehead atoms. The van der Waals surface area contributed by atoms with Crippen LogP contribution in [-0.4, -0.2) is 10.7 Å². The van der Waals surface area contributed by atoms with Crippen LogP contribution in [0.15, 0.2) is 12.3 Å². The Hall–Kier alpha value is -1.34. The summed E-state index contributed by atoms with van der Waals surface area (Å²) in [5, 5.41) is 0. The van der Waals surface area contributed by atoms with E-state index in [-0.39, 0.29) is 0 Å². The SMILES string of the molecule is Nc1cc(C#CCS)cnc1N. The topological polar surface area (TPSA) is 64.9 Å². The van der Waals surface area contributed by atoms with Crippen LogP contribution in [0.5, 0.6) is 0 Å². The monoisotopic (exact) mass is 179 g/mol. The van der Waals surface area contributed by atoms with E-state index in [0.717, 1.165) is 5.56 Å². The number of nitrogens with two attached hydrogens (primary N) is 2. The average Bonchev–Trinajstić information content (AvgIpc) is 2.07. The van der Waals surface area contributed by atoms with E-state index >= 15 is 0 Å². The Morgan fingerprint density at radius 3 is 2.83 bits per heavy atom. The first kappa shape index (κ1) is 8.75. The first-order chi connectivity index (χ1) is 5.74. The molecular formula is C8H9N3S. The summed E-state index contributed by atoms with van der Waals surface area (Å²) in [5.74, 6) is 6.48. The second-order valence-corrected chi connectivity index (χ2v) is 2.47. The van der Waals surface area contributed by atoms with Crippen molar-refractivity contribution < 1.29 is 0 Å². The third-order valence-corrected chi connectivity index (χ3v) is 1.42. The lowest BCUT2D eigenvalue weighted by Gasteiger charge is -1.97. The van der Waals surface area contributed by atoms with Crippen molar-refractivity contribution >= 4 is 24.1 Å². The maximum Gasteiger partial charge on any atom is 0.146 e. The second-order valence-electron chi connectivity index (χ2n) is 2.16. The van der Waals surface area contributed by atoms with Crippen molar-refractivity contribution in [2.24, 2.45) is 0 Å². The summed E-state index contributed by atoms with van der Waals surface area (Å²) in [5.41, 5.74) is 12.2. The van der Waals surface area contributed by atoms with Crippen LogP contribution in [0.2, 0.25) is 0 Å². The van der Waals surface area contributed by atoms with Gasteiger partial charge < -0.3 is 11.5 Å². The van der Waals surface area contributed by atoms with Crippen molar-refractivity contribution in [3.63, 3.8) is 0 Å². The molecule has 1 rings (SSSR count). The number of thiol groups is 1. The van der Waals surface area contributed by atoms with Gasteiger partial charge in [-0.1, -0.05) is 11.8 Å². The Kier molecular flexibility index (Phi) is 2.83. The molecule has 0 aliphatic rings. The van der Waals surface area contributed by atoms with Crippen molar-refractivity contribution in [3.05, 3.63) is 17.8 Å². The second kappa shape index (κ2) is 3.88. The minimum Gasteiger partial charge on any atom is -0.396 e. The Balaban J connectivity index is 2.97. The molecule has 0 spiro atoms. The fourth-order valence-corrected chi connectivity index (χ4v) is 0.781. The van der Waals surface area contributed by atoms with Crippen LogP contribution < -0.4 is 11.5 Å². The van der Waals surface area contributed by atoms with Gasteiger partial charge in [-0.2, -0.15) is 12.6 Å². The zero-order valence-electron chi connectivity index (χ0n) is 6.41. The van der Waals surface area contributed by atoms with Gasteiger partial charge >= 0.3 is 0 Å². The molecule has 1 aromatic rings. The minimum atomic E-state index is 0.339. The van der Waals surface area contributed by atoms with Gasteiger partial charge in [0.25, 0.3) is 0 Å². The largest absolute Gasteiger partial charge is 0.396 e. The van der Waals surface area contributed by atoms with Crippen LogP contribution >= 0.6 is 12.6 Å². The molecule has 0 aromatic carbocycles. The fourth-order valence-electron chi connectivity index (χ4n) is 0.702. The number of aromatic nitrogens is 1. The number of hydrogen-bond donors (Lipinski definition) is 3. The van der Waals surface area contributed by atoms with Gasteiger partial charge in [-0.3, -0.25) is 0 Å². The molecule has 0 fully saturated rings. The van der Waals surface area contributed by atoms with Crippen molar-refractivity contribution in [1.29, 1.82) is 0 Å². The van der Waals surface area contributed by atoms with Gasteiger partial charge in [-0.15, -0.1) is 0 Å². The Labute approximate surface area is 76.6 Å². The predicted octanol–water partition coefficient (Wildman–Crippen LogP) is 0.527. The number of hydrogen-bond acceptors (Lipinski definition) is 4. The summed E-state index contributed by atoms with van der Waals surface area (Å²) in [6.07, 6.45) is 1.59. The third kappa shape index (κ3) is 2.07. The highest BCUT2D eigenvalue weighted by molar-refractivity contribution is 7.80. The quantitative estimate of drug-likeness (QED) is 0.402. The molecule has 0 radical (unpaired) electrons. The molecule has 12 heavy (non-hydrogen) atoms. The van der Waals surface area contributed by atoms with Gasteiger partial charge in [0.15, 0.2) is 0 Å². The highest BCUT2D eigenvalue weighted by atomic mass is 32.1. The van der Waals surface area contributed by atoms with Crippen LogP contribution in [0.1, 0.15) is 5.56 Å². The molecule has 62 valence electrons. The summed E-state index contributed by atoms with van der Waals surface area (Å²) in [7, 11) is 0. The fraction of sp³-hybridized carbons (Fsp3) is 0.125. The van der Waals surface area contributed by atoms with Crippen LogP contribution in [0, 0.1) is 11.8 Å². The minimum absolute atomic E-state index is 0.339. The molecule has 4 heteroatoms. The van der Waals surface area contributed by atoms with Gasteiger partial charge in [0.1, 0.15) is 5.82 Å². The lowest BCUT2D eigenvalue weighted by atomic mass is 10.2. The lowest BCUT2D eigenvalue weighted by Crippen LogP contribution is -1.97. The van der Waals surface area contributed by atoms with Crippen LogP contribution in [0.25, 0.3) is 0 Å². The Bertz CT molecular complexity index is 338. The number of nitrogens with zero attached hydrogens (tertiary/aromatic N) is 1. The highest BCUT2D eigenvalue weighted by Gasteiger charge is 1.94. The van der Waals surface area contributed by atoms with E-state index < -0.39 is 0 Å². The van der Waals surface area contributed by atoms with E-state index in [4.69, 9.17) is 11.5 Å². The van der Waals surface area contributed by atoms with E-state index in [9.17, 15) is 0 Å². The van der Waals surface area contributed by atoms with E-state index in [1.54, 1.807) is 12.3 Å². The summed E-state index contributed by atoms with van der Waals surface area (Å²) >= 11 is 3.95. The number of anilines is 2. The molecule has 0 aliphatic carbocycles. The number of nitrogen functional groups attached to an aromatic ring is 2. The molecule has 0 aliphatic heterocycles. The summed E-state index contributed by atoms with van der Waals surface area (Å²) in [6, 6.07) is 1.69. The summed E-state index contributed by atoms with van der Waals surface area (Å²) in [6.45, 7) is 0. The lowest BCUT2D eigenvalue weighted by molar-refractivity contribution is 1.32. The van der Waals surface area contributed by atoms with E-state index in [1.165, 1.54) is 0 Å². The molecule has 0 unspecified atom stereocenters. The van der Waals surface area contributed by atoms with E-state index in [0.29, 0.717) is 17.3 Å². The van der Waals surface area contributed by atoms with Gasteiger partial charge in [0.2, 0.25) is 0 Å². The molecule has 0 saturated carbocycles. The van der Waals surface area contributed by atoms with Gasteiger partial charge in [0, 0.05) is 11.8 Å². The summed E-state index contributed by atoms with van der Waals surface area (Å²) in [4.78, 5) is 3.86. The maximum atomic E-state index is 5.52. The average molecular weight is 179 g/mol. The van der Waals surface area contributed by atoms with Gasteiger partial charge in [0.05, 0.1) is 11.4 Å². The Morgan fingerprint density at radius 2 is 2.25 bits per heavy atom. The van der Waals surface area contributed by atoms with E-state index in [2.05, 4.69) is 29.5 Å².